The molecule has 0 fully saturated rings. The zero-order valence-electron chi connectivity index (χ0n) is 20.6. The van der Waals surface area contributed by atoms with Crippen LogP contribution in [0.25, 0.3) is 22.4 Å². The SMILES string of the molecule is COc1cc(-c2nc(C)c(C(C)=O)o2)ccc1OCCCOc1ccc2[nH]c(CC(=O)O)c(C)c2c1. The first kappa shape index (κ1) is 24.8. The van der Waals surface area contributed by atoms with Gasteiger partial charge in [-0.15, -0.1) is 0 Å². The summed E-state index contributed by atoms with van der Waals surface area (Å²) in [7, 11) is 1.55. The Labute approximate surface area is 208 Å². The van der Waals surface area contributed by atoms with Crippen molar-refractivity contribution in [2.45, 2.75) is 33.6 Å². The molecule has 2 aromatic carbocycles. The van der Waals surface area contributed by atoms with Gasteiger partial charge in [0.1, 0.15) is 5.75 Å². The Hall–Kier alpha value is -4.27. The van der Waals surface area contributed by atoms with Gasteiger partial charge in [0.15, 0.2) is 23.0 Å². The number of hydrogen-bond acceptors (Lipinski definition) is 7. The van der Waals surface area contributed by atoms with Crippen molar-refractivity contribution in [3.8, 4) is 28.7 Å². The van der Waals surface area contributed by atoms with Crippen LogP contribution in [0.4, 0.5) is 0 Å². The molecular formula is C27H28N2O7. The molecular weight excluding hydrogens is 464 g/mol. The second-order valence-electron chi connectivity index (χ2n) is 8.41. The number of nitrogens with zero attached hydrogens (tertiary/aromatic N) is 1. The largest absolute Gasteiger partial charge is 0.493 e. The summed E-state index contributed by atoms with van der Waals surface area (Å²) >= 11 is 0. The second kappa shape index (κ2) is 10.6. The van der Waals surface area contributed by atoms with Gasteiger partial charge in [0.2, 0.25) is 5.89 Å². The zero-order chi connectivity index (χ0) is 25.8. The van der Waals surface area contributed by atoms with E-state index in [1.165, 1.54) is 6.92 Å². The molecule has 0 bridgehead atoms. The Balaban J connectivity index is 1.33. The number of aromatic nitrogens is 2. The number of ether oxygens (including phenoxy) is 3. The van der Waals surface area contributed by atoms with Crippen LogP contribution in [0.5, 0.6) is 17.2 Å². The molecule has 9 heteroatoms. The molecule has 2 aromatic heterocycles. The third kappa shape index (κ3) is 5.35. The summed E-state index contributed by atoms with van der Waals surface area (Å²) in [6, 6.07) is 11.0. The first-order valence-electron chi connectivity index (χ1n) is 11.5. The van der Waals surface area contributed by atoms with Crippen molar-refractivity contribution in [2.75, 3.05) is 20.3 Å². The summed E-state index contributed by atoms with van der Waals surface area (Å²) in [5.74, 6) is 1.36. The van der Waals surface area contributed by atoms with Gasteiger partial charge in [-0.1, -0.05) is 0 Å². The van der Waals surface area contributed by atoms with Crippen LogP contribution in [-0.2, 0) is 11.2 Å². The number of aliphatic carboxylic acids is 1. The maximum Gasteiger partial charge on any atom is 0.309 e. The predicted octanol–water partition coefficient (Wildman–Crippen LogP) is 5.13. The molecule has 0 unspecified atom stereocenters. The number of hydrogen-bond donors (Lipinski definition) is 2. The van der Waals surface area contributed by atoms with E-state index in [9.17, 15) is 9.59 Å². The van der Waals surface area contributed by atoms with E-state index in [0.29, 0.717) is 59.7 Å². The van der Waals surface area contributed by atoms with Crippen LogP contribution in [0, 0.1) is 13.8 Å². The molecule has 0 saturated heterocycles. The number of nitrogens with one attached hydrogen (secondary N) is 1. The standard InChI is InChI=1S/C27H28N2O7/c1-15-20-13-19(7-8-21(20)29-22(15)14-25(31)32)34-10-5-11-35-23-9-6-18(12-24(23)33-4)27-28-16(2)26(36-27)17(3)30/h6-9,12-13,29H,5,10-11,14H2,1-4H3,(H,31,32). The molecule has 0 aliphatic heterocycles. The number of rotatable bonds is 11. The molecule has 0 aliphatic carbocycles. The lowest BCUT2D eigenvalue weighted by Gasteiger charge is -2.12. The second-order valence-corrected chi connectivity index (χ2v) is 8.41. The number of carboxylic acid groups (broad SMARTS) is 1. The molecule has 0 spiro atoms. The van der Waals surface area contributed by atoms with E-state index in [2.05, 4.69) is 9.97 Å². The number of benzene rings is 2. The molecule has 9 nitrogen and oxygen atoms in total. The number of H-pyrrole nitrogens is 1. The normalized spacial score (nSPS) is 11.0. The van der Waals surface area contributed by atoms with Crippen LogP contribution in [0.2, 0.25) is 0 Å². The topological polar surface area (TPSA) is 124 Å². The molecule has 4 aromatic rings. The fourth-order valence-corrected chi connectivity index (χ4v) is 3.98. The van der Waals surface area contributed by atoms with Crippen LogP contribution in [0.1, 0.15) is 40.9 Å². The minimum Gasteiger partial charge on any atom is -0.493 e. The van der Waals surface area contributed by atoms with Gasteiger partial charge in [-0.2, -0.15) is 0 Å². The van der Waals surface area contributed by atoms with Gasteiger partial charge >= 0.3 is 5.97 Å². The molecule has 2 N–H and O–H groups in total. The van der Waals surface area contributed by atoms with Crippen LogP contribution < -0.4 is 14.2 Å². The molecule has 0 amide bonds. The van der Waals surface area contributed by atoms with Crippen molar-refractivity contribution in [2.24, 2.45) is 0 Å². The van der Waals surface area contributed by atoms with Crippen LogP contribution in [0.15, 0.2) is 40.8 Å². The van der Waals surface area contributed by atoms with Gasteiger partial charge in [0.05, 0.1) is 32.4 Å². The molecule has 36 heavy (non-hydrogen) atoms. The Morgan fingerprint density at radius 3 is 2.53 bits per heavy atom. The average Bonchev–Trinajstić information content (AvgIpc) is 3.38. The van der Waals surface area contributed by atoms with Crippen molar-refractivity contribution in [1.29, 1.82) is 0 Å². The van der Waals surface area contributed by atoms with E-state index in [4.69, 9.17) is 23.7 Å². The summed E-state index contributed by atoms with van der Waals surface area (Å²) in [6.07, 6.45) is 0.593. The van der Waals surface area contributed by atoms with E-state index in [1.807, 2.05) is 25.1 Å². The lowest BCUT2D eigenvalue weighted by Crippen LogP contribution is -2.05. The number of carbonyl (C=O) groups excluding carboxylic acids is 1. The highest BCUT2D eigenvalue weighted by molar-refractivity contribution is 5.92. The summed E-state index contributed by atoms with van der Waals surface area (Å²) in [5.41, 5.74) is 3.71. The van der Waals surface area contributed by atoms with Crippen molar-refractivity contribution in [1.82, 2.24) is 9.97 Å². The smallest absolute Gasteiger partial charge is 0.309 e. The molecule has 0 radical (unpaired) electrons. The summed E-state index contributed by atoms with van der Waals surface area (Å²) in [5, 5.41) is 10.0. The minimum absolute atomic E-state index is 0.0460. The molecule has 4 rings (SSSR count). The first-order valence-corrected chi connectivity index (χ1v) is 11.5. The fraction of sp³-hybridized carbons (Fsp3) is 0.296. The molecule has 188 valence electrons. The van der Waals surface area contributed by atoms with E-state index in [-0.39, 0.29) is 18.0 Å². The number of carboxylic acids is 1. The fourth-order valence-electron chi connectivity index (χ4n) is 3.98. The summed E-state index contributed by atoms with van der Waals surface area (Å²) in [4.78, 5) is 30.2. The van der Waals surface area contributed by atoms with Gasteiger partial charge in [-0.3, -0.25) is 9.59 Å². The lowest BCUT2D eigenvalue weighted by atomic mass is 10.1. The Bertz CT molecular complexity index is 1420. The number of fused-ring (bicyclic) bond motifs is 1. The number of Topliss-reactive ketones (excluding diaryl/α,β-unsaturated/α-hetero) is 1. The number of ketones is 1. The summed E-state index contributed by atoms with van der Waals surface area (Å²) in [6.45, 7) is 5.93. The first-order chi connectivity index (χ1) is 17.3. The van der Waals surface area contributed by atoms with Crippen LogP contribution in [0.3, 0.4) is 0 Å². The van der Waals surface area contributed by atoms with E-state index < -0.39 is 5.97 Å². The molecule has 0 aliphatic rings. The van der Waals surface area contributed by atoms with Crippen molar-refractivity contribution in [3.63, 3.8) is 0 Å². The average molecular weight is 493 g/mol. The number of carbonyl (C=O) groups is 2. The van der Waals surface area contributed by atoms with E-state index in [0.717, 1.165) is 16.5 Å². The van der Waals surface area contributed by atoms with Gasteiger partial charge in [-0.05, 0) is 55.8 Å². The highest BCUT2D eigenvalue weighted by Crippen LogP contribution is 2.33. The van der Waals surface area contributed by atoms with Crippen LogP contribution >= 0.6 is 0 Å². The number of aromatic amines is 1. The van der Waals surface area contributed by atoms with Gasteiger partial charge in [-0.25, -0.2) is 4.98 Å². The number of aryl methyl sites for hydroxylation is 2. The van der Waals surface area contributed by atoms with Crippen LogP contribution in [-0.4, -0.2) is 47.2 Å². The van der Waals surface area contributed by atoms with Gasteiger partial charge in [0, 0.05) is 35.5 Å². The maximum absolute atomic E-state index is 11.6. The third-order valence-corrected chi connectivity index (χ3v) is 5.80. The Morgan fingerprint density at radius 1 is 1.06 bits per heavy atom. The Kier molecular flexibility index (Phi) is 7.28. The molecule has 2 heterocycles. The minimum atomic E-state index is -0.873. The van der Waals surface area contributed by atoms with Crippen molar-refractivity contribution < 1.29 is 33.3 Å². The molecule has 0 atom stereocenters. The van der Waals surface area contributed by atoms with Crippen molar-refractivity contribution in [3.05, 3.63) is 59.1 Å². The van der Waals surface area contributed by atoms with E-state index >= 15 is 0 Å². The quantitative estimate of drug-likeness (QED) is 0.218. The zero-order valence-corrected chi connectivity index (χ0v) is 20.6. The predicted molar refractivity (Wildman–Crippen MR) is 133 cm³/mol. The highest BCUT2D eigenvalue weighted by Gasteiger charge is 2.17. The maximum atomic E-state index is 11.6. The lowest BCUT2D eigenvalue weighted by molar-refractivity contribution is -0.136. The third-order valence-electron chi connectivity index (χ3n) is 5.80. The monoisotopic (exact) mass is 492 g/mol. The highest BCUT2D eigenvalue weighted by atomic mass is 16.5. The Morgan fingerprint density at radius 2 is 1.83 bits per heavy atom. The number of methoxy groups -OCH3 is 1. The number of oxazole rings is 1. The summed E-state index contributed by atoms with van der Waals surface area (Å²) < 4.78 is 22.8. The van der Waals surface area contributed by atoms with Crippen molar-refractivity contribution >= 4 is 22.7 Å². The van der Waals surface area contributed by atoms with Gasteiger partial charge in [0.25, 0.3) is 0 Å². The molecule has 0 saturated carbocycles. The van der Waals surface area contributed by atoms with Gasteiger partial charge < -0.3 is 28.7 Å². The van der Waals surface area contributed by atoms with E-state index in [1.54, 1.807) is 32.2 Å².